The van der Waals surface area contributed by atoms with E-state index in [0.29, 0.717) is 0 Å². The molecule has 1 aromatic rings. The van der Waals surface area contributed by atoms with Crippen molar-refractivity contribution in [1.29, 1.82) is 0 Å². The molecule has 0 saturated carbocycles. The summed E-state index contributed by atoms with van der Waals surface area (Å²) in [5.74, 6) is 0. The summed E-state index contributed by atoms with van der Waals surface area (Å²) in [5, 5.41) is 4.17. The number of rotatable bonds is 4. The van der Waals surface area contributed by atoms with E-state index in [-0.39, 0.29) is 0 Å². The summed E-state index contributed by atoms with van der Waals surface area (Å²) < 4.78 is 0. The van der Waals surface area contributed by atoms with E-state index in [2.05, 4.69) is 5.32 Å². The molecule has 0 aliphatic rings. The predicted octanol–water partition coefficient (Wildman–Crippen LogP) is 2.83. The average molecular weight is 223 g/mol. The first kappa shape index (κ1) is 11.3. The zero-order valence-electron chi connectivity index (χ0n) is 8.28. The third-order valence-corrected chi connectivity index (χ3v) is 2.90. The highest BCUT2D eigenvalue weighted by Gasteiger charge is 1.98. The molecule has 1 aromatic carbocycles. The Morgan fingerprint density at radius 1 is 1.36 bits per heavy atom. The zero-order valence-corrected chi connectivity index (χ0v) is 9.91. The third-order valence-electron chi connectivity index (χ3n) is 1.79. The highest BCUT2D eigenvalue weighted by Crippen LogP contribution is 2.10. The Bertz CT molecular complexity index is 324. The molecule has 14 heavy (non-hydrogen) atoms. The van der Waals surface area contributed by atoms with Gasteiger partial charge in [0.05, 0.1) is 5.03 Å². The Balaban J connectivity index is 2.82. The van der Waals surface area contributed by atoms with Crippen molar-refractivity contribution in [3.05, 3.63) is 47.0 Å². The maximum absolute atomic E-state index is 5.30. The molecular formula is C11H13NS2. The smallest absolute Gasteiger partial charge is 0.0690 e. The lowest BCUT2D eigenvalue weighted by molar-refractivity contribution is 1.08. The van der Waals surface area contributed by atoms with Crippen LogP contribution in [0.15, 0.2) is 41.4 Å². The van der Waals surface area contributed by atoms with E-state index in [0.717, 1.165) is 15.5 Å². The van der Waals surface area contributed by atoms with Crippen molar-refractivity contribution in [3.63, 3.8) is 0 Å². The van der Waals surface area contributed by atoms with Gasteiger partial charge in [-0.25, -0.2) is 0 Å². The molecule has 1 nitrogen and oxygen atoms in total. The second-order valence-corrected chi connectivity index (χ2v) is 3.98. The van der Waals surface area contributed by atoms with Crippen LogP contribution >= 0.6 is 24.0 Å². The minimum absolute atomic E-state index is 0.865. The number of thiocarbonyl (C=S) groups is 1. The Hall–Kier alpha value is -0.800. The summed E-state index contributed by atoms with van der Waals surface area (Å²) in [6.45, 7) is 0. The molecule has 0 bridgehead atoms. The van der Waals surface area contributed by atoms with Crippen LogP contribution < -0.4 is 5.32 Å². The van der Waals surface area contributed by atoms with Crippen LogP contribution in [-0.4, -0.2) is 18.2 Å². The van der Waals surface area contributed by atoms with Gasteiger partial charge in [-0.3, -0.25) is 0 Å². The molecule has 0 aliphatic carbocycles. The molecule has 74 valence electrons. The van der Waals surface area contributed by atoms with E-state index in [1.165, 1.54) is 0 Å². The van der Waals surface area contributed by atoms with E-state index < -0.39 is 0 Å². The molecule has 0 heterocycles. The van der Waals surface area contributed by atoms with Gasteiger partial charge in [0.25, 0.3) is 0 Å². The molecule has 0 saturated heterocycles. The van der Waals surface area contributed by atoms with Gasteiger partial charge < -0.3 is 5.32 Å². The number of allylic oxidation sites excluding steroid dienone is 1. The zero-order chi connectivity index (χ0) is 10.4. The van der Waals surface area contributed by atoms with Crippen molar-refractivity contribution >= 4 is 28.8 Å². The van der Waals surface area contributed by atoms with Crippen LogP contribution in [0.2, 0.25) is 0 Å². The Labute approximate surface area is 94.6 Å². The van der Waals surface area contributed by atoms with Crippen LogP contribution in [0, 0.1) is 0 Å². The summed E-state index contributed by atoms with van der Waals surface area (Å²) >= 11 is 6.96. The van der Waals surface area contributed by atoms with Crippen molar-refractivity contribution < 1.29 is 0 Å². The maximum atomic E-state index is 5.30. The van der Waals surface area contributed by atoms with Crippen LogP contribution in [0.4, 0.5) is 0 Å². The molecule has 0 atom stereocenters. The van der Waals surface area contributed by atoms with Crippen molar-refractivity contribution in [1.82, 2.24) is 5.32 Å². The summed E-state index contributed by atoms with van der Waals surface area (Å²) in [5.41, 5.74) is 1.09. The molecule has 0 spiro atoms. The summed E-state index contributed by atoms with van der Waals surface area (Å²) in [6, 6.07) is 10.0. The molecule has 3 heteroatoms. The number of nitrogens with one attached hydrogen (secondary N) is 1. The number of hydrogen-bond acceptors (Lipinski definition) is 3. The standard InChI is InChI=1S/C11H13NS2/c1-12-11(14-2)8-10(13)9-6-4-3-5-7-9/h3-8,12H,1-2H3. The normalized spacial score (nSPS) is 11.1. The third kappa shape index (κ3) is 3.16. The average Bonchev–Trinajstić information content (AvgIpc) is 2.26. The summed E-state index contributed by atoms with van der Waals surface area (Å²) in [6.07, 6.45) is 4.01. The molecular weight excluding hydrogens is 210 g/mol. The maximum Gasteiger partial charge on any atom is 0.0690 e. The van der Waals surface area contributed by atoms with Gasteiger partial charge in [-0.2, -0.15) is 0 Å². The van der Waals surface area contributed by atoms with E-state index in [9.17, 15) is 0 Å². The monoisotopic (exact) mass is 223 g/mol. The molecule has 0 aromatic heterocycles. The Kier molecular flexibility index (Phi) is 4.70. The van der Waals surface area contributed by atoms with Gasteiger partial charge in [0.15, 0.2) is 0 Å². The first-order chi connectivity index (χ1) is 6.77. The molecule has 0 radical (unpaired) electrons. The lowest BCUT2D eigenvalue weighted by Crippen LogP contribution is -2.04. The molecule has 0 fully saturated rings. The fraction of sp³-hybridized carbons (Fsp3) is 0.182. The second-order valence-electron chi connectivity index (χ2n) is 2.69. The van der Waals surface area contributed by atoms with E-state index >= 15 is 0 Å². The van der Waals surface area contributed by atoms with Gasteiger partial charge in [-0.1, -0.05) is 42.5 Å². The quantitative estimate of drug-likeness (QED) is 0.479. The predicted molar refractivity (Wildman–Crippen MR) is 68.8 cm³/mol. The van der Waals surface area contributed by atoms with Crippen LogP contribution in [-0.2, 0) is 0 Å². The van der Waals surface area contributed by atoms with Crippen molar-refractivity contribution in [3.8, 4) is 0 Å². The number of benzene rings is 1. The lowest BCUT2D eigenvalue weighted by atomic mass is 10.1. The fourth-order valence-electron chi connectivity index (χ4n) is 1.04. The van der Waals surface area contributed by atoms with Crippen molar-refractivity contribution in [2.24, 2.45) is 0 Å². The highest BCUT2D eigenvalue weighted by atomic mass is 32.2. The number of thioether (sulfide) groups is 1. The summed E-state index contributed by atoms with van der Waals surface area (Å²) in [4.78, 5) is 0.865. The molecule has 0 aliphatic heterocycles. The topological polar surface area (TPSA) is 12.0 Å². The van der Waals surface area contributed by atoms with Crippen LogP contribution in [0.5, 0.6) is 0 Å². The Morgan fingerprint density at radius 2 is 2.00 bits per heavy atom. The van der Waals surface area contributed by atoms with E-state index in [1.54, 1.807) is 11.8 Å². The van der Waals surface area contributed by atoms with Crippen LogP contribution in [0.25, 0.3) is 0 Å². The first-order valence-electron chi connectivity index (χ1n) is 4.30. The molecule has 0 amide bonds. The van der Waals surface area contributed by atoms with Gasteiger partial charge in [0, 0.05) is 11.9 Å². The van der Waals surface area contributed by atoms with Crippen molar-refractivity contribution in [2.45, 2.75) is 0 Å². The van der Waals surface area contributed by atoms with Gasteiger partial charge in [-0.15, -0.1) is 11.8 Å². The fourth-order valence-corrected chi connectivity index (χ4v) is 1.81. The van der Waals surface area contributed by atoms with Gasteiger partial charge in [0.2, 0.25) is 0 Å². The van der Waals surface area contributed by atoms with Gasteiger partial charge in [-0.05, 0) is 17.9 Å². The molecule has 1 N–H and O–H groups in total. The van der Waals surface area contributed by atoms with E-state index in [1.807, 2.05) is 49.7 Å². The van der Waals surface area contributed by atoms with Gasteiger partial charge in [0.1, 0.15) is 0 Å². The second kappa shape index (κ2) is 5.83. The largest absolute Gasteiger partial charge is 0.383 e. The van der Waals surface area contributed by atoms with Crippen molar-refractivity contribution in [2.75, 3.05) is 13.3 Å². The first-order valence-corrected chi connectivity index (χ1v) is 5.94. The minimum atomic E-state index is 0.865. The minimum Gasteiger partial charge on any atom is -0.383 e. The molecule has 0 unspecified atom stereocenters. The number of hydrogen-bond donors (Lipinski definition) is 1. The van der Waals surface area contributed by atoms with Crippen LogP contribution in [0.1, 0.15) is 5.56 Å². The SMILES string of the molecule is CNC(=CC(=S)c1ccccc1)SC. The summed E-state index contributed by atoms with van der Waals surface area (Å²) in [7, 11) is 1.90. The van der Waals surface area contributed by atoms with Gasteiger partial charge >= 0.3 is 0 Å². The lowest BCUT2D eigenvalue weighted by Gasteiger charge is -2.03. The Morgan fingerprint density at radius 3 is 2.50 bits per heavy atom. The highest BCUT2D eigenvalue weighted by molar-refractivity contribution is 8.02. The van der Waals surface area contributed by atoms with Crippen LogP contribution in [0.3, 0.4) is 0 Å². The van der Waals surface area contributed by atoms with E-state index in [4.69, 9.17) is 12.2 Å². The molecule has 1 rings (SSSR count).